The van der Waals surface area contributed by atoms with Gasteiger partial charge >= 0.3 is 6.03 Å². The zero-order valence-corrected chi connectivity index (χ0v) is 16.1. The van der Waals surface area contributed by atoms with E-state index < -0.39 is 5.91 Å². The van der Waals surface area contributed by atoms with Gasteiger partial charge in [-0.05, 0) is 49.2 Å². The van der Waals surface area contributed by atoms with Gasteiger partial charge in [0.15, 0.2) is 11.2 Å². The highest BCUT2D eigenvalue weighted by Gasteiger charge is 2.16. The Morgan fingerprint density at radius 2 is 1.73 bits per heavy atom. The highest BCUT2D eigenvalue weighted by molar-refractivity contribution is 6.03. The van der Waals surface area contributed by atoms with E-state index in [1.165, 1.54) is 6.07 Å². The Bertz CT molecular complexity index is 1120. The number of hydrogen-bond acceptors (Lipinski definition) is 5. The normalized spacial score (nSPS) is 15.7. The summed E-state index contributed by atoms with van der Waals surface area (Å²) in [6, 6.07) is 14.2. The molecule has 0 aliphatic carbocycles. The Kier molecular flexibility index (Phi) is 5.76. The van der Waals surface area contributed by atoms with Crippen molar-refractivity contribution in [3.8, 4) is 0 Å². The summed E-state index contributed by atoms with van der Waals surface area (Å²) in [7, 11) is 0. The second-order valence-electron chi connectivity index (χ2n) is 6.97. The molecule has 8 heteroatoms. The minimum absolute atomic E-state index is 0.0727. The number of ether oxygens (including phenoxy) is 1. The number of carbonyl (C=O) groups is 2. The van der Waals surface area contributed by atoms with E-state index in [2.05, 4.69) is 16.0 Å². The predicted molar refractivity (Wildman–Crippen MR) is 113 cm³/mol. The number of para-hydroxylation sites is 1. The lowest BCUT2D eigenvalue weighted by atomic mass is 10.2. The Hall–Kier alpha value is -3.65. The van der Waals surface area contributed by atoms with Gasteiger partial charge < -0.3 is 25.1 Å². The van der Waals surface area contributed by atoms with Gasteiger partial charge in [0.25, 0.3) is 5.91 Å². The lowest BCUT2D eigenvalue weighted by Gasteiger charge is -2.12. The van der Waals surface area contributed by atoms with Crippen LogP contribution in [0.2, 0.25) is 0 Å². The van der Waals surface area contributed by atoms with Crippen LogP contribution in [0.4, 0.5) is 16.2 Å². The highest BCUT2D eigenvalue weighted by atomic mass is 16.5. The molecule has 1 atom stereocenters. The van der Waals surface area contributed by atoms with Crippen molar-refractivity contribution in [2.75, 3.05) is 23.8 Å². The first-order valence-electron chi connectivity index (χ1n) is 9.69. The van der Waals surface area contributed by atoms with Crippen molar-refractivity contribution in [3.63, 3.8) is 0 Å². The fourth-order valence-corrected chi connectivity index (χ4v) is 3.23. The molecule has 1 unspecified atom stereocenters. The Morgan fingerprint density at radius 3 is 2.47 bits per heavy atom. The number of urea groups is 1. The minimum Gasteiger partial charge on any atom is -0.451 e. The van der Waals surface area contributed by atoms with Crippen LogP contribution in [0.5, 0.6) is 0 Å². The molecule has 0 spiro atoms. The molecule has 8 nitrogen and oxygen atoms in total. The van der Waals surface area contributed by atoms with E-state index in [-0.39, 0.29) is 23.3 Å². The molecule has 0 bridgehead atoms. The maximum absolute atomic E-state index is 12.4. The summed E-state index contributed by atoms with van der Waals surface area (Å²) in [6.07, 6.45) is 2.04. The average molecular weight is 407 g/mol. The molecule has 4 rings (SSSR count). The van der Waals surface area contributed by atoms with Gasteiger partial charge in [-0.2, -0.15) is 0 Å². The largest absolute Gasteiger partial charge is 0.451 e. The number of amides is 3. The SMILES string of the molecule is O=C(NCC1CCCO1)Nc1ccc(NC(=O)c2cc(=O)c3ccccc3o2)cc1. The summed E-state index contributed by atoms with van der Waals surface area (Å²) in [5, 5.41) is 8.60. The lowest BCUT2D eigenvalue weighted by molar-refractivity contribution is 0.0997. The molecule has 3 amide bonds. The quantitative estimate of drug-likeness (QED) is 0.601. The topological polar surface area (TPSA) is 110 Å². The van der Waals surface area contributed by atoms with E-state index >= 15 is 0 Å². The number of benzene rings is 2. The fraction of sp³-hybridized carbons (Fsp3) is 0.227. The van der Waals surface area contributed by atoms with Gasteiger partial charge in [-0.15, -0.1) is 0 Å². The van der Waals surface area contributed by atoms with Gasteiger partial charge in [0.2, 0.25) is 0 Å². The van der Waals surface area contributed by atoms with Crippen molar-refractivity contribution in [3.05, 3.63) is 70.6 Å². The zero-order valence-electron chi connectivity index (χ0n) is 16.1. The second kappa shape index (κ2) is 8.79. The molecule has 0 radical (unpaired) electrons. The number of hydrogen-bond donors (Lipinski definition) is 3. The molecule has 154 valence electrons. The molecule has 3 N–H and O–H groups in total. The first-order chi connectivity index (χ1) is 14.6. The number of carbonyl (C=O) groups excluding carboxylic acids is 2. The monoisotopic (exact) mass is 407 g/mol. The number of nitrogens with one attached hydrogen (secondary N) is 3. The third kappa shape index (κ3) is 4.66. The molecule has 2 aromatic carbocycles. The molecule has 1 saturated heterocycles. The van der Waals surface area contributed by atoms with Crippen LogP contribution in [-0.4, -0.2) is 31.2 Å². The Morgan fingerprint density at radius 1 is 1.00 bits per heavy atom. The van der Waals surface area contributed by atoms with Crippen LogP contribution in [0, 0.1) is 0 Å². The first kappa shape index (κ1) is 19.7. The summed E-state index contributed by atoms with van der Waals surface area (Å²) in [5.41, 5.74) is 1.15. The average Bonchev–Trinajstić information content (AvgIpc) is 3.27. The van der Waals surface area contributed by atoms with Crippen LogP contribution in [-0.2, 0) is 4.74 Å². The van der Waals surface area contributed by atoms with E-state index in [1.807, 2.05) is 0 Å². The minimum atomic E-state index is -0.534. The van der Waals surface area contributed by atoms with Gasteiger partial charge in [-0.1, -0.05) is 12.1 Å². The third-order valence-corrected chi connectivity index (χ3v) is 4.77. The van der Waals surface area contributed by atoms with E-state index in [0.29, 0.717) is 28.9 Å². The molecule has 1 fully saturated rings. The van der Waals surface area contributed by atoms with Crippen molar-refractivity contribution in [2.45, 2.75) is 18.9 Å². The molecular weight excluding hydrogens is 386 g/mol. The Labute approximate surface area is 172 Å². The van der Waals surface area contributed by atoms with Crippen LogP contribution in [0.25, 0.3) is 11.0 Å². The molecule has 1 aliphatic heterocycles. The van der Waals surface area contributed by atoms with Crippen LogP contribution < -0.4 is 21.4 Å². The van der Waals surface area contributed by atoms with Crippen molar-refractivity contribution in [2.24, 2.45) is 0 Å². The molecule has 1 aliphatic rings. The summed E-state index contributed by atoms with van der Waals surface area (Å²) >= 11 is 0. The van der Waals surface area contributed by atoms with Crippen LogP contribution in [0.15, 0.2) is 63.8 Å². The standard InChI is InChI=1S/C22H21N3O5/c26-18-12-20(30-19-6-2-1-5-17(18)19)21(27)24-14-7-9-15(10-8-14)25-22(28)23-13-16-4-3-11-29-16/h1-2,5-10,12,16H,3-4,11,13H2,(H,24,27)(H2,23,25,28). The zero-order chi connectivity index (χ0) is 20.9. The van der Waals surface area contributed by atoms with Gasteiger partial charge in [-0.3, -0.25) is 9.59 Å². The van der Waals surface area contributed by atoms with Crippen LogP contribution in [0.3, 0.4) is 0 Å². The molecule has 0 saturated carbocycles. The van der Waals surface area contributed by atoms with Gasteiger partial charge in [0, 0.05) is 30.6 Å². The fourth-order valence-electron chi connectivity index (χ4n) is 3.23. The molecule has 1 aromatic heterocycles. The maximum atomic E-state index is 12.4. The Balaban J connectivity index is 1.35. The number of anilines is 2. The van der Waals surface area contributed by atoms with Crippen molar-refractivity contribution in [1.29, 1.82) is 0 Å². The molecular formula is C22H21N3O5. The van der Waals surface area contributed by atoms with E-state index in [1.54, 1.807) is 48.5 Å². The summed E-state index contributed by atoms with van der Waals surface area (Å²) in [4.78, 5) is 36.6. The van der Waals surface area contributed by atoms with Gasteiger partial charge in [-0.25, -0.2) is 4.79 Å². The van der Waals surface area contributed by atoms with E-state index in [0.717, 1.165) is 19.4 Å². The number of fused-ring (bicyclic) bond motifs is 1. The van der Waals surface area contributed by atoms with Crippen molar-refractivity contribution in [1.82, 2.24) is 5.32 Å². The van der Waals surface area contributed by atoms with Gasteiger partial charge in [0.05, 0.1) is 11.5 Å². The molecule has 30 heavy (non-hydrogen) atoms. The first-order valence-corrected chi connectivity index (χ1v) is 9.69. The molecule has 3 aromatic rings. The van der Waals surface area contributed by atoms with Crippen molar-refractivity contribution >= 4 is 34.3 Å². The van der Waals surface area contributed by atoms with Crippen molar-refractivity contribution < 1.29 is 18.7 Å². The summed E-state index contributed by atoms with van der Waals surface area (Å²) in [5.74, 6) is -0.609. The highest BCUT2D eigenvalue weighted by Crippen LogP contribution is 2.17. The summed E-state index contributed by atoms with van der Waals surface area (Å²) < 4.78 is 11.0. The molecule has 2 heterocycles. The van der Waals surface area contributed by atoms with Crippen LogP contribution in [0.1, 0.15) is 23.4 Å². The number of rotatable bonds is 5. The smallest absolute Gasteiger partial charge is 0.319 e. The second-order valence-corrected chi connectivity index (χ2v) is 6.97. The third-order valence-electron chi connectivity index (χ3n) is 4.77. The maximum Gasteiger partial charge on any atom is 0.319 e. The predicted octanol–water partition coefficient (Wildman–Crippen LogP) is 3.35. The summed E-state index contributed by atoms with van der Waals surface area (Å²) in [6.45, 7) is 1.21. The van der Waals surface area contributed by atoms with E-state index in [4.69, 9.17) is 9.15 Å². The van der Waals surface area contributed by atoms with Gasteiger partial charge in [0.1, 0.15) is 5.58 Å². The van der Waals surface area contributed by atoms with Crippen LogP contribution >= 0.6 is 0 Å². The van der Waals surface area contributed by atoms with E-state index in [9.17, 15) is 14.4 Å². The lowest BCUT2D eigenvalue weighted by Crippen LogP contribution is -2.35.